The number of aliphatic hydroxyl groups is 1. The Kier molecular flexibility index (Phi) is 4.14. The predicted octanol–water partition coefficient (Wildman–Crippen LogP) is 3.05. The summed E-state index contributed by atoms with van der Waals surface area (Å²) in [5.41, 5.74) is 4.09. The molecule has 4 atom stereocenters. The molecule has 1 saturated carbocycles. The van der Waals surface area contributed by atoms with Gasteiger partial charge in [-0.3, -0.25) is 0 Å². The average Bonchev–Trinajstić information content (AvgIpc) is 3.28. The van der Waals surface area contributed by atoms with Gasteiger partial charge in [0, 0.05) is 18.0 Å². The van der Waals surface area contributed by atoms with Crippen LogP contribution >= 0.6 is 0 Å². The quantitative estimate of drug-likeness (QED) is 0.751. The first-order valence-corrected chi connectivity index (χ1v) is 9.77. The molecule has 1 aromatic carbocycles. The Morgan fingerprint density at radius 3 is 2.85 bits per heavy atom. The van der Waals surface area contributed by atoms with Crippen LogP contribution in [0.5, 0.6) is 5.75 Å². The lowest BCUT2D eigenvalue weighted by Crippen LogP contribution is -2.42. The SMILES string of the molecule is Cc1ccc2nc(-c3cccc(O[C@@H]4C[C@@H]5CNC[C@@H]5C[C@H]4O)c3)cn2c1. The third kappa shape index (κ3) is 3.22. The van der Waals surface area contributed by atoms with E-state index >= 15 is 0 Å². The zero-order chi connectivity index (χ0) is 18.4. The van der Waals surface area contributed by atoms with Crippen molar-refractivity contribution in [2.75, 3.05) is 13.1 Å². The van der Waals surface area contributed by atoms with E-state index in [-0.39, 0.29) is 6.10 Å². The van der Waals surface area contributed by atoms with Gasteiger partial charge in [0.2, 0.25) is 0 Å². The van der Waals surface area contributed by atoms with E-state index in [1.54, 1.807) is 0 Å². The molecular weight excluding hydrogens is 338 g/mol. The van der Waals surface area contributed by atoms with Crippen molar-refractivity contribution >= 4 is 5.65 Å². The van der Waals surface area contributed by atoms with E-state index in [1.165, 1.54) is 5.56 Å². The van der Waals surface area contributed by atoms with Crippen molar-refractivity contribution in [3.8, 4) is 17.0 Å². The summed E-state index contributed by atoms with van der Waals surface area (Å²) in [6.45, 7) is 4.14. The fourth-order valence-electron chi connectivity index (χ4n) is 4.53. The number of benzene rings is 1. The van der Waals surface area contributed by atoms with E-state index in [0.29, 0.717) is 11.8 Å². The van der Waals surface area contributed by atoms with Crippen LogP contribution in [0.4, 0.5) is 0 Å². The maximum Gasteiger partial charge on any atom is 0.137 e. The number of rotatable bonds is 3. The van der Waals surface area contributed by atoms with E-state index in [0.717, 1.165) is 48.6 Å². The van der Waals surface area contributed by atoms with Crippen LogP contribution in [0, 0.1) is 18.8 Å². The number of fused-ring (bicyclic) bond motifs is 2. The Bertz CT molecular complexity index is 967. The summed E-state index contributed by atoms with van der Waals surface area (Å²) in [6, 6.07) is 12.1. The van der Waals surface area contributed by atoms with Gasteiger partial charge in [-0.05, 0) is 68.5 Å². The van der Waals surface area contributed by atoms with Gasteiger partial charge in [-0.1, -0.05) is 18.2 Å². The molecule has 3 aromatic rings. The van der Waals surface area contributed by atoms with Crippen LogP contribution in [0.15, 0.2) is 48.8 Å². The van der Waals surface area contributed by atoms with Crippen molar-refractivity contribution in [3.05, 3.63) is 54.4 Å². The molecule has 0 unspecified atom stereocenters. The Balaban J connectivity index is 1.38. The molecule has 2 aliphatic rings. The average molecular weight is 363 g/mol. The monoisotopic (exact) mass is 363 g/mol. The van der Waals surface area contributed by atoms with Crippen molar-refractivity contribution in [2.45, 2.75) is 32.0 Å². The smallest absolute Gasteiger partial charge is 0.137 e. The van der Waals surface area contributed by atoms with Crippen LogP contribution in [-0.2, 0) is 0 Å². The summed E-state index contributed by atoms with van der Waals surface area (Å²) in [4.78, 5) is 4.72. The molecule has 140 valence electrons. The second-order valence-corrected chi connectivity index (χ2v) is 8.00. The number of imidazole rings is 1. The lowest BCUT2D eigenvalue weighted by Gasteiger charge is -2.35. The van der Waals surface area contributed by atoms with Crippen molar-refractivity contribution < 1.29 is 9.84 Å². The van der Waals surface area contributed by atoms with Crippen LogP contribution in [0.3, 0.4) is 0 Å². The first-order valence-electron chi connectivity index (χ1n) is 9.77. The fourth-order valence-corrected chi connectivity index (χ4v) is 4.53. The van der Waals surface area contributed by atoms with Crippen molar-refractivity contribution in [2.24, 2.45) is 11.8 Å². The molecule has 0 amide bonds. The zero-order valence-corrected chi connectivity index (χ0v) is 15.5. The Labute approximate surface area is 159 Å². The highest BCUT2D eigenvalue weighted by atomic mass is 16.5. The maximum atomic E-state index is 10.5. The Morgan fingerprint density at radius 2 is 1.96 bits per heavy atom. The second kappa shape index (κ2) is 6.66. The van der Waals surface area contributed by atoms with Crippen LogP contribution in [0.2, 0.25) is 0 Å². The van der Waals surface area contributed by atoms with E-state index in [1.807, 2.05) is 30.5 Å². The largest absolute Gasteiger partial charge is 0.488 e. The third-order valence-corrected chi connectivity index (χ3v) is 6.00. The highest BCUT2D eigenvalue weighted by molar-refractivity contribution is 5.64. The Morgan fingerprint density at radius 1 is 1.11 bits per heavy atom. The number of hydrogen-bond donors (Lipinski definition) is 2. The van der Waals surface area contributed by atoms with Crippen LogP contribution in [-0.4, -0.2) is 39.8 Å². The number of nitrogens with zero attached hydrogens (tertiary/aromatic N) is 2. The van der Waals surface area contributed by atoms with Crippen molar-refractivity contribution in [1.29, 1.82) is 0 Å². The molecule has 0 radical (unpaired) electrons. The van der Waals surface area contributed by atoms with E-state index in [2.05, 4.69) is 35.0 Å². The minimum Gasteiger partial charge on any atom is -0.488 e. The summed E-state index contributed by atoms with van der Waals surface area (Å²) in [6.07, 6.45) is 5.34. The molecule has 5 heteroatoms. The predicted molar refractivity (Wildman–Crippen MR) is 105 cm³/mol. The molecule has 2 aromatic heterocycles. The highest BCUT2D eigenvalue weighted by Gasteiger charge is 2.39. The minimum atomic E-state index is -0.395. The lowest BCUT2D eigenvalue weighted by molar-refractivity contribution is -0.0231. The number of nitrogens with one attached hydrogen (secondary N) is 1. The number of aliphatic hydroxyl groups excluding tert-OH is 1. The van der Waals surface area contributed by atoms with E-state index < -0.39 is 6.10 Å². The van der Waals surface area contributed by atoms with Gasteiger partial charge in [-0.25, -0.2) is 4.98 Å². The highest BCUT2D eigenvalue weighted by Crippen LogP contribution is 2.35. The van der Waals surface area contributed by atoms with Crippen LogP contribution in [0.1, 0.15) is 18.4 Å². The normalized spacial score (nSPS) is 27.6. The van der Waals surface area contributed by atoms with Gasteiger partial charge in [0.1, 0.15) is 17.5 Å². The van der Waals surface area contributed by atoms with Crippen LogP contribution in [0.25, 0.3) is 16.9 Å². The lowest BCUT2D eigenvalue weighted by atomic mass is 9.78. The first-order chi connectivity index (χ1) is 13.2. The molecule has 1 aliphatic heterocycles. The molecule has 3 heterocycles. The van der Waals surface area contributed by atoms with Gasteiger partial charge in [-0.2, -0.15) is 0 Å². The summed E-state index contributed by atoms with van der Waals surface area (Å²) in [7, 11) is 0. The first kappa shape index (κ1) is 16.8. The molecular formula is C22H25N3O2. The number of hydrogen-bond acceptors (Lipinski definition) is 4. The number of aryl methyl sites for hydroxylation is 1. The molecule has 27 heavy (non-hydrogen) atoms. The minimum absolute atomic E-state index is 0.134. The second-order valence-electron chi connectivity index (χ2n) is 8.00. The van der Waals surface area contributed by atoms with Gasteiger partial charge in [0.15, 0.2) is 0 Å². The zero-order valence-electron chi connectivity index (χ0n) is 15.5. The number of aromatic nitrogens is 2. The standard InChI is InChI=1S/C22H25N3O2/c1-14-5-6-22-24-19(13-25(22)12-14)15-3-2-4-18(7-15)27-21-9-17-11-23-10-16(17)8-20(21)26/h2-7,12-13,16-17,20-21,23,26H,8-11H2,1H3/t16-,17+,20+,21+/m0/s1. The summed E-state index contributed by atoms with van der Waals surface area (Å²) in [5, 5.41) is 14.0. The van der Waals surface area contributed by atoms with Gasteiger partial charge >= 0.3 is 0 Å². The van der Waals surface area contributed by atoms with E-state index in [9.17, 15) is 5.11 Å². The summed E-state index contributed by atoms with van der Waals surface area (Å²) < 4.78 is 8.27. The van der Waals surface area contributed by atoms with Gasteiger partial charge in [0.25, 0.3) is 0 Å². The summed E-state index contributed by atoms with van der Waals surface area (Å²) >= 11 is 0. The topological polar surface area (TPSA) is 58.8 Å². The number of ether oxygens (including phenoxy) is 1. The molecule has 1 saturated heterocycles. The summed E-state index contributed by atoms with van der Waals surface area (Å²) in [5.74, 6) is 2.00. The Hall–Kier alpha value is -2.37. The van der Waals surface area contributed by atoms with Crippen molar-refractivity contribution in [1.82, 2.24) is 14.7 Å². The molecule has 0 spiro atoms. The van der Waals surface area contributed by atoms with Gasteiger partial charge < -0.3 is 19.6 Å². The van der Waals surface area contributed by atoms with Crippen LogP contribution < -0.4 is 10.1 Å². The van der Waals surface area contributed by atoms with Gasteiger partial charge in [-0.15, -0.1) is 0 Å². The van der Waals surface area contributed by atoms with E-state index in [4.69, 9.17) is 9.72 Å². The van der Waals surface area contributed by atoms with Gasteiger partial charge in [0.05, 0.1) is 11.8 Å². The van der Waals surface area contributed by atoms with Crippen molar-refractivity contribution in [3.63, 3.8) is 0 Å². The fraction of sp³-hybridized carbons (Fsp3) is 0.409. The molecule has 5 nitrogen and oxygen atoms in total. The molecule has 2 fully saturated rings. The molecule has 1 aliphatic carbocycles. The molecule has 5 rings (SSSR count). The third-order valence-electron chi connectivity index (χ3n) is 6.00. The maximum absolute atomic E-state index is 10.5. The number of pyridine rings is 1. The molecule has 0 bridgehead atoms. The molecule has 2 N–H and O–H groups in total.